The summed E-state index contributed by atoms with van der Waals surface area (Å²) in [6.45, 7) is 6.29. The molecule has 3 N–H and O–H groups in total. The van der Waals surface area contributed by atoms with Crippen molar-refractivity contribution in [3.63, 3.8) is 0 Å². The van der Waals surface area contributed by atoms with E-state index in [1.807, 2.05) is 31.2 Å². The van der Waals surface area contributed by atoms with Gasteiger partial charge in [-0.25, -0.2) is 0 Å². The molecule has 1 unspecified atom stereocenters. The quantitative estimate of drug-likeness (QED) is 0.465. The minimum atomic E-state index is -0.0386. The van der Waals surface area contributed by atoms with E-state index in [2.05, 4.69) is 56.2 Å². The van der Waals surface area contributed by atoms with Crippen molar-refractivity contribution in [2.75, 3.05) is 33.2 Å². The van der Waals surface area contributed by atoms with Crippen molar-refractivity contribution >= 4 is 11.9 Å². The number of benzene rings is 2. The predicted octanol–water partition coefficient (Wildman–Crippen LogP) is 2.94. The molecule has 30 heavy (non-hydrogen) atoms. The van der Waals surface area contributed by atoms with Crippen molar-refractivity contribution in [3.05, 3.63) is 71.3 Å². The molecular weight excluding hydrogens is 374 g/mol. The van der Waals surface area contributed by atoms with Gasteiger partial charge in [-0.1, -0.05) is 42.5 Å². The number of nitrogens with zero attached hydrogens (tertiary/aromatic N) is 2. The molecule has 3 rings (SSSR count). The molecule has 1 saturated heterocycles. The Balaban J connectivity index is 1.55. The first-order valence-electron chi connectivity index (χ1n) is 10.8. The molecule has 1 fully saturated rings. The number of carbonyl (C=O) groups excluding carboxylic acids is 1. The Morgan fingerprint density at radius 2 is 1.70 bits per heavy atom. The zero-order valence-corrected chi connectivity index (χ0v) is 18.0. The van der Waals surface area contributed by atoms with E-state index in [1.54, 1.807) is 7.05 Å². The van der Waals surface area contributed by atoms with Crippen LogP contribution in [0.1, 0.15) is 47.3 Å². The summed E-state index contributed by atoms with van der Waals surface area (Å²) in [7, 11) is 1.79. The molecule has 1 aliphatic rings. The fourth-order valence-corrected chi connectivity index (χ4v) is 3.82. The first kappa shape index (κ1) is 21.8. The summed E-state index contributed by atoms with van der Waals surface area (Å²) in [5, 5.41) is 9.69. The molecule has 6 heteroatoms. The molecule has 6 nitrogen and oxygen atoms in total. The second-order valence-corrected chi connectivity index (χ2v) is 7.53. The highest BCUT2D eigenvalue weighted by atomic mass is 16.1. The van der Waals surface area contributed by atoms with Crippen molar-refractivity contribution in [2.24, 2.45) is 4.99 Å². The number of likely N-dealkylation sites (tertiary alicyclic amines) is 1. The minimum Gasteiger partial charge on any atom is -0.354 e. The van der Waals surface area contributed by atoms with Gasteiger partial charge in [0.2, 0.25) is 0 Å². The minimum absolute atomic E-state index is 0.0386. The predicted molar refractivity (Wildman–Crippen MR) is 123 cm³/mol. The molecule has 0 saturated carbocycles. The van der Waals surface area contributed by atoms with Crippen LogP contribution in [0, 0.1) is 0 Å². The van der Waals surface area contributed by atoms with E-state index in [0.717, 1.165) is 31.2 Å². The van der Waals surface area contributed by atoms with Gasteiger partial charge < -0.3 is 16.0 Å². The van der Waals surface area contributed by atoms with E-state index in [0.29, 0.717) is 24.7 Å². The largest absolute Gasteiger partial charge is 0.354 e. The smallest absolute Gasteiger partial charge is 0.251 e. The molecule has 2 aromatic carbocycles. The summed E-state index contributed by atoms with van der Waals surface area (Å²) < 4.78 is 0. The van der Waals surface area contributed by atoms with E-state index in [-0.39, 0.29) is 5.91 Å². The highest BCUT2D eigenvalue weighted by Crippen LogP contribution is 2.24. The number of rotatable bonds is 8. The number of nitrogens with one attached hydrogen (secondary N) is 3. The molecule has 1 atom stereocenters. The Hall–Kier alpha value is -2.86. The summed E-state index contributed by atoms with van der Waals surface area (Å²) in [6.07, 6.45) is 2.53. The van der Waals surface area contributed by atoms with Gasteiger partial charge in [0.25, 0.3) is 5.91 Å². The maximum absolute atomic E-state index is 11.9. The highest BCUT2D eigenvalue weighted by Gasteiger charge is 2.23. The van der Waals surface area contributed by atoms with E-state index >= 15 is 0 Å². The molecule has 2 aromatic rings. The van der Waals surface area contributed by atoms with Crippen molar-refractivity contribution in [2.45, 2.75) is 32.4 Å². The van der Waals surface area contributed by atoms with E-state index < -0.39 is 0 Å². The third-order valence-electron chi connectivity index (χ3n) is 5.47. The lowest BCUT2D eigenvalue weighted by atomic mass is 10.1. The number of aliphatic imine (C=N–C) groups is 1. The Labute approximate surface area is 179 Å². The van der Waals surface area contributed by atoms with Gasteiger partial charge in [0.1, 0.15) is 0 Å². The van der Waals surface area contributed by atoms with Crippen molar-refractivity contribution in [3.8, 4) is 0 Å². The topological polar surface area (TPSA) is 68.8 Å². The average Bonchev–Trinajstić information content (AvgIpc) is 3.32. The first-order chi connectivity index (χ1) is 14.7. The van der Waals surface area contributed by atoms with Crippen LogP contribution < -0.4 is 16.0 Å². The van der Waals surface area contributed by atoms with Crippen molar-refractivity contribution in [1.82, 2.24) is 20.9 Å². The number of hydrogen-bond donors (Lipinski definition) is 3. The summed E-state index contributed by atoms with van der Waals surface area (Å²) >= 11 is 0. The third kappa shape index (κ3) is 6.07. The maximum atomic E-state index is 11.9. The van der Waals surface area contributed by atoms with Gasteiger partial charge in [-0.3, -0.25) is 14.7 Å². The SMILES string of the molecule is CCNC(=O)c1ccc(CNC(=NC)NCC(c2ccccc2)N2CCCC2)cc1. The average molecular weight is 408 g/mol. The fraction of sp³-hybridized carbons (Fsp3) is 0.417. The number of hydrogen-bond acceptors (Lipinski definition) is 3. The van der Waals surface area contributed by atoms with Gasteiger partial charge in [0.15, 0.2) is 5.96 Å². The van der Waals surface area contributed by atoms with Crippen LogP contribution in [0.25, 0.3) is 0 Å². The van der Waals surface area contributed by atoms with E-state index in [9.17, 15) is 4.79 Å². The normalized spacial score (nSPS) is 15.6. The Bertz CT molecular complexity index is 813. The standard InChI is InChI=1S/C24H33N5O/c1-3-26-23(30)21-13-11-19(12-14-21)17-27-24(25-2)28-18-22(29-15-7-8-16-29)20-9-5-4-6-10-20/h4-6,9-14,22H,3,7-8,15-18H2,1-2H3,(H,26,30)(H2,25,27,28). The monoisotopic (exact) mass is 407 g/mol. The number of guanidine groups is 1. The van der Waals surface area contributed by atoms with Crippen LogP contribution in [-0.2, 0) is 6.54 Å². The summed E-state index contributed by atoms with van der Waals surface area (Å²) in [5.74, 6) is 0.742. The summed E-state index contributed by atoms with van der Waals surface area (Å²) in [6, 6.07) is 18.7. The molecule has 0 radical (unpaired) electrons. The summed E-state index contributed by atoms with van der Waals surface area (Å²) in [5.41, 5.74) is 3.12. The van der Waals surface area contributed by atoms with Crippen molar-refractivity contribution < 1.29 is 4.79 Å². The lowest BCUT2D eigenvalue weighted by molar-refractivity contribution is 0.0956. The molecule has 1 aliphatic heterocycles. The van der Waals surface area contributed by atoms with E-state index in [1.165, 1.54) is 18.4 Å². The van der Waals surface area contributed by atoms with Crippen LogP contribution in [0.3, 0.4) is 0 Å². The Morgan fingerprint density at radius 1 is 1.00 bits per heavy atom. The second kappa shape index (κ2) is 11.4. The molecule has 0 bridgehead atoms. The van der Waals surface area contributed by atoms with Crippen LogP contribution in [0.4, 0.5) is 0 Å². The van der Waals surface area contributed by atoms with Gasteiger partial charge in [0, 0.05) is 32.2 Å². The highest BCUT2D eigenvalue weighted by molar-refractivity contribution is 5.94. The van der Waals surface area contributed by atoms with Gasteiger partial charge in [-0.05, 0) is 56.1 Å². The molecular formula is C24H33N5O. The fourth-order valence-electron chi connectivity index (χ4n) is 3.82. The molecule has 0 aromatic heterocycles. The first-order valence-corrected chi connectivity index (χ1v) is 10.8. The summed E-state index contributed by atoms with van der Waals surface area (Å²) in [4.78, 5) is 18.8. The van der Waals surface area contributed by atoms with Gasteiger partial charge >= 0.3 is 0 Å². The number of amides is 1. The Morgan fingerprint density at radius 3 is 2.33 bits per heavy atom. The zero-order valence-electron chi connectivity index (χ0n) is 18.0. The van der Waals surface area contributed by atoms with Crippen LogP contribution in [0.2, 0.25) is 0 Å². The van der Waals surface area contributed by atoms with Crippen LogP contribution >= 0.6 is 0 Å². The Kier molecular flexibility index (Phi) is 8.27. The molecule has 1 amide bonds. The molecule has 160 valence electrons. The maximum Gasteiger partial charge on any atom is 0.251 e. The molecule has 1 heterocycles. The van der Waals surface area contributed by atoms with E-state index in [4.69, 9.17) is 0 Å². The third-order valence-corrected chi connectivity index (χ3v) is 5.47. The van der Waals surface area contributed by atoms with Gasteiger partial charge in [0.05, 0.1) is 6.04 Å². The van der Waals surface area contributed by atoms with Crippen LogP contribution in [0.15, 0.2) is 59.6 Å². The zero-order chi connectivity index (χ0) is 21.2. The van der Waals surface area contributed by atoms with Gasteiger partial charge in [-0.2, -0.15) is 0 Å². The lowest BCUT2D eigenvalue weighted by Crippen LogP contribution is -2.42. The van der Waals surface area contributed by atoms with Crippen LogP contribution in [-0.4, -0.2) is 50.0 Å². The molecule has 0 spiro atoms. The van der Waals surface area contributed by atoms with Crippen LogP contribution in [0.5, 0.6) is 0 Å². The van der Waals surface area contributed by atoms with Crippen molar-refractivity contribution in [1.29, 1.82) is 0 Å². The molecule has 0 aliphatic carbocycles. The number of carbonyl (C=O) groups is 1. The van der Waals surface area contributed by atoms with Gasteiger partial charge in [-0.15, -0.1) is 0 Å². The lowest BCUT2D eigenvalue weighted by Gasteiger charge is -2.29. The second-order valence-electron chi connectivity index (χ2n) is 7.53.